The molecule has 3 nitrogen and oxygen atoms in total. The highest BCUT2D eigenvalue weighted by atomic mass is 79.9. The van der Waals surface area contributed by atoms with Gasteiger partial charge < -0.3 is 0 Å². The van der Waals surface area contributed by atoms with E-state index in [0.29, 0.717) is 9.76 Å². The van der Waals surface area contributed by atoms with E-state index in [1.165, 1.54) is 0 Å². The van der Waals surface area contributed by atoms with Gasteiger partial charge in [0.1, 0.15) is 9.76 Å². The average molecular weight is 232 g/mol. The lowest BCUT2D eigenvalue weighted by Gasteiger charge is -1.96. The minimum atomic E-state index is 0.556. The van der Waals surface area contributed by atoms with E-state index in [1.54, 1.807) is 23.0 Å². The molecule has 0 aromatic carbocycles. The number of nitrogens with zero attached hydrogens (tertiary/aromatic N) is 3. The molecule has 5 heteroatoms. The third-order valence-corrected chi connectivity index (χ3v) is 2.18. The number of fused-ring (bicyclic) bond motifs is 1. The van der Waals surface area contributed by atoms with E-state index in [4.69, 9.17) is 11.6 Å². The lowest BCUT2D eigenvalue weighted by atomic mass is 10.7. The largest absolute Gasteiger partial charge is 0.287 e. The summed E-state index contributed by atoms with van der Waals surface area (Å²) < 4.78 is 2.45. The molecule has 0 atom stereocenters. The van der Waals surface area contributed by atoms with Crippen LogP contribution in [0.25, 0.3) is 5.65 Å². The van der Waals surface area contributed by atoms with Gasteiger partial charge in [0.2, 0.25) is 0 Å². The van der Waals surface area contributed by atoms with Crippen molar-refractivity contribution in [2.75, 3.05) is 0 Å². The molecule has 11 heavy (non-hydrogen) atoms. The Kier molecular flexibility index (Phi) is 1.58. The summed E-state index contributed by atoms with van der Waals surface area (Å²) in [5.74, 6) is 0. The van der Waals surface area contributed by atoms with Gasteiger partial charge >= 0.3 is 0 Å². The van der Waals surface area contributed by atoms with Crippen LogP contribution in [0.2, 0.25) is 5.15 Å². The second-order valence-corrected chi connectivity index (χ2v) is 3.13. The van der Waals surface area contributed by atoms with Crippen LogP contribution in [-0.4, -0.2) is 14.4 Å². The Morgan fingerprint density at radius 1 is 1.45 bits per heavy atom. The van der Waals surface area contributed by atoms with Crippen LogP contribution in [0.4, 0.5) is 0 Å². The first-order valence-corrected chi connectivity index (χ1v) is 4.09. The number of rotatable bonds is 0. The smallest absolute Gasteiger partial charge is 0.171 e. The zero-order valence-electron chi connectivity index (χ0n) is 5.33. The summed E-state index contributed by atoms with van der Waals surface area (Å²) in [4.78, 5) is 8.03. The van der Waals surface area contributed by atoms with Crippen LogP contribution in [-0.2, 0) is 0 Å². The van der Waals surface area contributed by atoms with Crippen LogP contribution in [0.1, 0.15) is 0 Å². The van der Waals surface area contributed by atoms with E-state index in [2.05, 4.69) is 25.9 Å². The van der Waals surface area contributed by atoms with Gasteiger partial charge in [0, 0.05) is 12.4 Å². The highest BCUT2D eigenvalue weighted by Crippen LogP contribution is 2.17. The summed E-state index contributed by atoms with van der Waals surface area (Å²) in [5.41, 5.74) is 0.734. The van der Waals surface area contributed by atoms with Crippen molar-refractivity contribution < 1.29 is 0 Å². The lowest BCUT2D eigenvalue weighted by Crippen LogP contribution is -1.88. The molecule has 0 fully saturated rings. The molecule has 2 heterocycles. The fourth-order valence-corrected chi connectivity index (χ4v) is 1.44. The molecule has 0 bridgehead atoms. The summed E-state index contributed by atoms with van der Waals surface area (Å²) in [5, 5.41) is 0.556. The van der Waals surface area contributed by atoms with Crippen molar-refractivity contribution in [1.29, 1.82) is 0 Å². The van der Waals surface area contributed by atoms with E-state index in [1.807, 2.05) is 0 Å². The van der Waals surface area contributed by atoms with Crippen molar-refractivity contribution in [2.24, 2.45) is 0 Å². The lowest BCUT2D eigenvalue weighted by molar-refractivity contribution is 1.11. The van der Waals surface area contributed by atoms with Gasteiger partial charge in [-0.25, -0.2) is 9.97 Å². The molecule has 0 unspecified atom stereocenters. The van der Waals surface area contributed by atoms with E-state index >= 15 is 0 Å². The SMILES string of the molecule is Clc1cnc(Br)c2nccn12. The van der Waals surface area contributed by atoms with Crippen LogP contribution >= 0.6 is 27.5 Å². The summed E-state index contributed by atoms with van der Waals surface area (Å²) in [6, 6.07) is 0. The van der Waals surface area contributed by atoms with Crippen molar-refractivity contribution in [1.82, 2.24) is 14.4 Å². The highest BCUT2D eigenvalue weighted by Gasteiger charge is 2.02. The fourth-order valence-electron chi connectivity index (χ4n) is 0.858. The minimum absolute atomic E-state index is 0.556. The summed E-state index contributed by atoms with van der Waals surface area (Å²) in [7, 11) is 0. The van der Waals surface area contributed by atoms with Gasteiger partial charge in [0.15, 0.2) is 5.65 Å². The maximum Gasteiger partial charge on any atom is 0.171 e. The highest BCUT2D eigenvalue weighted by molar-refractivity contribution is 9.10. The molecular formula is C6H3BrClN3. The first kappa shape index (κ1) is 7.06. The van der Waals surface area contributed by atoms with Crippen LogP contribution in [0, 0.1) is 0 Å². The first-order chi connectivity index (χ1) is 5.29. The number of aromatic nitrogens is 3. The van der Waals surface area contributed by atoms with Crippen LogP contribution in [0.3, 0.4) is 0 Å². The van der Waals surface area contributed by atoms with Crippen molar-refractivity contribution in [2.45, 2.75) is 0 Å². The molecule has 0 aliphatic heterocycles. The monoisotopic (exact) mass is 231 g/mol. The van der Waals surface area contributed by atoms with Crippen molar-refractivity contribution in [3.63, 3.8) is 0 Å². The van der Waals surface area contributed by atoms with Crippen LogP contribution in [0.5, 0.6) is 0 Å². The Labute approximate surface area is 76.2 Å². The van der Waals surface area contributed by atoms with Gasteiger partial charge in [-0.1, -0.05) is 11.6 Å². The van der Waals surface area contributed by atoms with E-state index in [9.17, 15) is 0 Å². The van der Waals surface area contributed by atoms with Crippen molar-refractivity contribution in [3.05, 3.63) is 28.3 Å². The van der Waals surface area contributed by atoms with Gasteiger partial charge in [-0.05, 0) is 15.9 Å². The predicted octanol–water partition coefficient (Wildman–Crippen LogP) is 2.15. The summed E-state index contributed by atoms with van der Waals surface area (Å²) >= 11 is 9.07. The van der Waals surface area contributed by atoms with E-state index in [0.717, 1.165) is 5.65 Å². The number of hydrogen-bond acceptors (Lipinski definition) is 2. The van der Waals surface area contributed by atoms with Gasteiger partial charge in [-0.3, -0.25) is 4.40 Å². The molecule has 0 amide bonds. The summed E-state index contributed by atoms with van der Waals surface area (Å²) in [6.07, 6.45) is 5.03. The first-order valence-electron chi connectivity index (χ1n) is 2.92. The molecule has 2 aromatic rings. The predicted molar refractivity (Wildman–Crippen MR) is 45.7 cm³/mol. The summed E-state index contributed by atoms with van der Waals surface area (Å²) in [6.45, 7) is 0. The van der Waals surface area contributed by atoms with E-state index in [-0.39, 0.29) is 0 Å². The topological polar surface area (TPSA) is 30.2 Å². The van der Waals surface area contributed by atoms with Crippen LogP contribution < -0.4 is 0 Å². The molecule has 0 aliphatic carbocycles. The second kappa shape index (κ2) is 2.46. The Morgan fingerprint density at radius 2 is 2.27 bits per heavy atom. The second-order valence-electron chi connectivity index (χ2n) is 1.99. The maximum absolute atomic E-state index is 5.81. The number of halogens is 2. The molecule has 0 N–H and O–H groups in total. The molecule has 0 saturated heterocycles. The molecule has 0 saturated carbocycles. The third-order valence-electron chi connectivity index (χ3n) is 1.34. The van der Waals surface area contributed by atoms with Gasteiger partial charge in [0.05, 0.1) is 6.20 Å². The van der Waals surface area contributed by atoms with Gasteiger partial charge in [0.25, 0.3) is 0 Å². The third kappa shape index (κ3) is 1.02. The molecule has 2 rings (SSSR count). The Morgan fingerprint density at radius 3 is 3.00 bits per heavy atom. The fraction of sp³-hybridized carbons (Fsp3) is 0. The maximum atomic E-state index is 5.81. The zero-order chi connectivity index (χ0) is 7.84. The Hall–Kier alpha value is -0.610. The van der Waals surface area contributed by atoms with E-state index < -0.39 is 0 Å². The normalized spacial score (nSPS) is 10.7. The standard InChI is InChI=1S/C6H3BrClN3/c7-5-6-9-1-2-11(6)4(8)3-10-5/h1-3H. The van der Waals surface area contributed by atoms with Crippen molar-refractivity contribution in [3.8, 4) is 0 Å². The zero-order valence-corrected chi connectivity index (χ0v) is 7.67. The Balaban J connectivity index is 2.96. The molecular weight excluding hydrogens is 229 g/mol. The Bertz CT molecular complexity index is 362. The quantitative estimate of drug-likeness (QED) is 0.697. The molecule has 0 radical (unpaired) electrons. The number of imidazole rings is 1. The molecule has 0 spiro atoms. The molecule has 2 aromatic heterocycles. The average Bonchev–Trinajstić information content (AvgIpc) is 2.45. The van der Waals surface area contributed by atoms with Gasteiger partial charge in [-0.2, -0.15) is 0 Å². The number of hydrogen-bond donors (Lipinski definition) is 0. The minimum Gasteiger partial charge on any atom is -0.287 e. The molecule has 0 aliphatic rings. The van der Waals surface area contributed by atoms with Crippen LogP contribution in [0.15, 0.2) is 23.2 Å². The molecule has 56 valence electrons. The van der Waals surface area contributed by atoms with Crippen molar-refractivity contribution >= 4 is 33.2 Å². The van der Waals surface area contributed by atoms with Gasteiger partial charge in [-0.15, -0.1) is 0 Å².